The molecule has 2 aromatic carbocycles. The van der Waals surface area contributed by atoms with Crippen molar-refractivity contribution in [2.24, 2.45) is 5.92 Å². The van der Waals surface area contributed by atoms with Gasteiger partial charge in [0.05, 0.1) is 18.6 Å². The molecule has 1 atom stereocenters. The van der Waals surface area contributed by atoms with E-state index in [1.54, 1.807) is 35.2 Å². The summed E-state index contributed by atoms with van der Waals surface area (Å²) in [5.74, 6) is -1.52. The quantitative estimate of drug-likeness (QED) is 0.596. The highest BCUT2D eigenvalue weighted by Gasteiger charge is 2.34. The lowest BCUT2D eigenvalue weighted by Crippen LogP contribution is -2.30. The molecule has 2 amide bonds. The number of benzene rings is 2. The zero-order valence-corrected chi connectivity index (χ0v) is 17.0. The van der Waals surface area contributed by atoms with E-state index in [-0.39, 0.29) is 24.1 Å². The Balaban J connectivity index is 1.34. The smallest absolute Gasteiger partial charge is 0.337 e. The minimum atomic E-state index is -0.451. The molecule has 0 unspecified atom stereocenters. The second kappa shape index (κ2) is 8.59. The van der Waals surface area contributed by atoms with Crippen LogP contribution in [0.2, 0.25) is 0 Å². The molecule has 1 saturated heterocycles. The summed E-state index contributed by atoms with van der Waals surface area (Å²) >= 11 is 0. The Morgan fingerprint density at radius 2 is 2.00 bits per heavy atom. The first kappa shape index (κ1) is 20.6. The zero-order valence-electron chi connectivity index (χ0n) is 17.0. The fraction of sp³-hybridized carbons (Fsp3) is 0.261. The van der Waals surface area contributed by atoms with Crippen LogP contribution in [0.5, 0.6) is 0 Å². The highest BCUT2D eigenvalue weighted by atomic mass is 19.1. The summed E-state index contributed by atoms with van der Waals surface area (Å²) in [6.45, 7) is 0.793. The van der Waals surface area contributed by atoms with E-state index in [4.69, 9.17) is 0 Å². The lowest BCUT2D eigenvalue weighted by atomic mass is 10.1. The van der Waals surface area contributed by atoms with E-state index in [1.807, 2.05) is 6.20 Å². The predicted octanol–water partition coefficient (Wildman–Crippen LogP) is 3.12. The summed E-state index contributed by atoms with van der Waals surface area (Å²) in [4.78, 5) is 41.3. The number of nitrogens with zero attached hydrogens (tertiary/aromatic N) is 1. The van der Waals surface area contributed by atoms with E-state index in [0.717, 1.165) is 16.5 Å². The van der Waals surface area contributed by atoms with Crippen molar-refractivity contribution in [3.63, 3.8) is 0 Å². The Labute approximate surface area is 178 Å². The van der Waals surface area contributed by atoms with Gasteiger partial charge < -0.3 is 19.9 Å². The predicted molar refractivity (Wildman–Crippen MR) is 113 cm³/mol. The number of H-pyrrole nitrogens is 1. The molecular formula is C23H22FN3O4. The first-order valence-electron chi connectivity index (χ1n) is 9.97. The number of hydrogen-bond acceptors (Lipinski definition) is 4. The molecule has 160 valence electrons. The van der Waals surface area contributed by atoms with Gasteiger partial charge in [-0.3, -0.25) is 9.59 Å². The zero-order chi connectivity index (χ0) is 22.0. The lowest BCUT2D eigenvalue weighted by molar-refractivity contribution is -0.128. The number of aromatic amines is 1. The van der Waals surface area contributed by atoms with Gasteiger partial charge in [-0.15, -0.1) is 0 Å². The molecule has 0 saturated carbocycles. The number of rotatable bonds is 6. The van der Waals surface area contributed by atoms with Crippen LogP contribution in [0.1, 0.15) is 22.3 Å². The highest BCUT2D eigenvalue weighted by molar-refractivity contribution is 5.97. The number of amides is 2. The van der Waals surface area contributed by atoms with Crippen LogP contribution in [-0.2, 0) is 20.7 Å². The fourth-order valence-corrected chi connectivity index (χ4v) is 3.83. The summed E-state index contributed by atoms with van der Waals surface area (Å²) < 4.78 is 18.2. The van der Waals surface area contributed by atoms with Crippen LogP contribution in [0.3, 0.4) is 0 Å². The molecule has 3 aromatic rings. The van der Waals surface area contributed by atoms with E-state index < -0.39 is 11.9 Å². The summed E-state index contributed by atoms with van der Waals surface area (Å²) in [5, 5.41) is 3.59. The molecule has 7 nitrogen and oxygen atoms in total. The molecule has 31 heavy (non-hydrogen) atoms. The average molecular weight is 423 g/mol. The average Bonchev–Trinajstić information content (AvgIpc) is 3.35. The van der Waals surface area contributed by atoms with Crippen molar-refractivity contribution in [3.8, 4) is 0 Å². The van der Waals surface area contributed by atoms with Crippen molar-refractivity contribution in [3.05, 3.63) is 65.6 Å². The van der Waals surface area contributed by atoms with Gasteiger partial charge in [-0.25, -0.2) is 9.18 Å². The molecule has 2 N–H and O–H groups in total. The molecule has 0 radical (unpaired) electrons. The number of likely N-dealkylation sites (tertiary alicyclic amines) is 1. The van der Waals surface area contributed by atoms with Gasteiger partial charge in [0.2, 0.25) is 11.8 Å². The van der Waals surface area contributed by atoms with E-state index in [0.29, 0.717) is 30.8 Å². The number of esters is 1. The minimum absolute atomic E-state index is 0.0767. The van der Waals surface area contributed by atoms with E-state index in [1.165, 1.54) is 19.2 Å². The molecule has 1 aromatic heterocycles. The monoisotopic (exact) mass is 423 g/mol. The van der Waals surface area contributed by atoms with Gasteiger partial charge in [-0.1, -0.05) is 0 Å². The van der Waals surface area contributed by atoms with E-state index in [9.17, 15) is 18.8 Å². The number of methoxy groups -OCH3 is 1. The van der Waals surface area contributed by atoms with Crippen molar-refractivity contribution in [1.29, 1.82) is 0 Å². The van der Waals surface area contributed by atoms with Crippen LogP contribution in [0.4, 0.5) is 10.1 Å². The number of hydrogen-bond donors (Lipinski definition) is 2. The van der Waals surface area contributed by atoms with Gasteiger partial charge in [-0.05, 0) is 54.4 Å². The molecule has 1 aliphatic heterocycles. The number of nitrogens with one attached hydrogen (secondary N) is 2. The third kappa shape index (κ3) is 4.42. The molecule has 8 heteroatoms. The van der Waals surface area contributed by atoms with Crippen molar-refractivity contribution < 1.29 is 23.5 Å². The summed E-state index contributed by atoms with van der Waals surface area (Å²) in [7, 11) is 1.30. The van der Waals surface area contributed by atoms with E-state index in [2.05, 4.69) is 15.0 Å². The van der Waals surface area contributed by atoms with Gasteiger partial charge in [-0.2, -0.15) is 0 Å². The molecule has 0 aliphatic carbocycles. The van der Waals surface area contributed by atoms with Crippen LogP contribution >= 0.6 is 0 Å². The number of aromatic nitrogens is 1. The maximum Gasteiger partial charge on any atom is 0.337 e. The standard InChI is InChI=1S/C23H22FN3O4/c1-31-23(30)14-2-5-18(6-3-14)26-22(29)16-10-21(28)27(13-16)9-8-15-12-25-20-7-4-17(24)11-19(15)20/h2-7,11-12,16,25H,8-10,13H2,1H3,(H,26,29)/t16-/m1/s1. The molecular weight excluding hydrogens is 401 g/mol. The highest BCUT2D eigenvalue weighted by Crippen LogP contribution is 2.23. The molecule has 1 aliphatic rings. The third-order valence-corrected chi connectivity index (χ3v) is 5.54. The minimum Gasteiger partial charge on any atom is -0.465 e. The normalized spacial score (nSPS) is 16.0. The van der Waals surface area contributed by atoms with Crippen molar-refractivity contribution in [2.45, 2.75) is 12.8 Å². The van der Waals surface area contributed by atoms with Gasteiger partial charge >= 0.3 is 5.97 Å². The van der Waals surface area contributed by atoms with E-state index >= 15 is 0 Å². The number of fused-ring (bicyclic) bond motifs is 1. The van der Waals surface area contributed by atoms with Crippen LogP contribution < -0.4 is 5.32 Å². The fourth-order valence-electron chi connectivity index (χ4n) is 3.83. The maximum atomic E-state index is 13.6. The number of carbonyl (C=O) groups is 3. The first-order valence-corrected chi connectivity index (χ1v) is 9.97. The number of anilines is 1. The number of halogens is 1. The maximum absolute atomic E-state index is 13.6. The molecule has 4 rings (SSSR count). The first-order chi connectivity index (χ1) is 14.9. The second-order valence-electron chi connectivity index (χ2n) is 7.55. The molecule has 2 heterocycles. The summed E-state index contributed by atoms with van der Waals surface area (Å²) in [6.07, 6.45) is 2.54. The lowest BCUT2D eigenvalue weighted by Gasteiger charge is -2.16. The third-order valence-electron chi connectivity index (χ3n) is 5.54. The topological polar surface area (TPSA) is 91.5 Å². The Kier molecular flexibility index (Phi) is 5.70. The Morgan fingerprint density at radius 1 is 1.23 bits per heavy atom. The Morgan fingerprint density at radius 3 is 2.74 bits per heavy atom. The van der Waals surface area contributed by atoms with Crippen LogP contribution in [0.25, 0.3) is 10.9 Å². The largest absolute Gasteiger partial charge is 0.465 e. The van der Waals surface area contributed by atoms with Crippen LogP contribution in [-0.4, -0.2) is 47.9 Å². The number of ether oxygens (including phenoxy) is 1. The van der Waals surface area contributed by atoms with Gasteiger partial charge in [0.15, 0.2) is 0 Å². The van der Waals surface area contributed by atoms with Crippen LogP contribution in [0.15, 0.2) is 48.7 Å². The Hall–Kier alpha value is -3.68. The van der Waals surface area contributed by atoms with Crippen molar-refractivity contribution in [1.82, 2.24) is 9.88 Å². The van der Waals surface area contributed by atoms with Gasteiger partial charge in [0, 0.05) is 42.3 Å². The van der Waals surface area contributed by atoms with Gasteiger partial charge in [0.1, 0.15) is 5.82 Å². The molecule has 0 bridgehead atoms. The molecule has 1 fully saturated rings. The number of carbonyl (C=O) groups excluding carboxylic acids is 3. The second-order valence-corrected chi connectivity index (χ2v) is 7.55. The van der Waals surface area contributed by atoms with Crippen molar-refractivity contribution in [2.75, 3.05) is 25.5 Å². The Bertz CT molecular complexity index is 1140. The van der Waals surface area contributed by atoms with Gasteiger partial charge in [0.25, 0.3) is 0 Å². The molecule has 0 spiro atoms. The summed E-state index contributed by atoms with van der Waals surface area (Å²) in [6, 6.07) is 10.9. The van der Waals surface area contributed by atoms with Crippen LogP contribution in [0, 0.1) is 11.7 Å². The SMILES string of the molecule is COC(=O)c1ccc(NC(=O)[C@@H]2CC(=O)N(CCc3c[nH]c4ccc(F)cc34)C2)cc1. The summed E-state index contributed by atoms with van der Waals surface area (Å²) in [5.41, 5.74) is 2.71. The van der Waals surface area contributed by atoms with Crippen molar-refractivity contribution >= 4 is 34.4 Å².